The molecule has 4 N–H and O–H groups in total. The molecule has 10 heteroatoms. The molecule has 0 bridgehead atoms. The van der Waals surface area contributed by atoms with Gasteiger partial charge in [-0.25, -0.2) is 9.97 Å². The molecule has 34 heavy (non-hydrogen) atoms. The van der Waals surface area contributed by atoms with Crippen molar-refractivity contribution in [3.63, 3.8) is 0 Å². The van der Waals surface area contributed by atoms with Crippen LogP contribution in [0.1, 0.15) is 21.0 Å². The Morgan fingerprint density at radius 2 is 1.12 bits per heavy atom. The summed E-state index contributed by atoms with van der Waals surface area (Å²) in [5, 5.41) is 11.8. The lowest BCUT2D eigenvalue weighted by atomic mass is 10.2. The van der Waals surface area contributed by atoms with E-state index in [1.807, 2.05) is 0 Å². The molecule has 3 heterocycles. The van der Waals surface area contributed by atoms with E-state index in [0.717, 1.165) is 37.7 Å². The van der Waals surface area contributed by atoms with Crippen molar-refractivity contribution in [1.29, 1.82) is 0 Å². The summed E-state index contributed by atoms with van der Waals surface area (Å²) in [7, 11) is 0. The average molecular weight is 460 g/mol. The van der Waals surface area contributed by atoms with Crippen LogP contribution in [0.5, 0.6) is 11.5 Å². The minimum atomic E-state index is -0.444. The number of nitrogens with one attached hydrogen (secondary N) is 4. The Morgan fingerprint density at radius 1 is 0.706 bits per heavy atom. The van der Waals surface area contributed by atoms with Crippen LogP contribution in [0.2, 0.25) is 0 Å². The van der Waals surface area contributed by atoms with Gasteiger partial charge in [0.2, 0.25) is 0 Å². The predicted molar refractivity (Wildman–Crippen MR) is 125 cm³/mol. The number of rotatable bonds is 8. The number of hydrogen-bond donors (Lipinski definition) is 4. The Kier molecular flexibility index (Phi) is 6.32. The molecule has 0 radical (unpaired) electrons. The van der Waals surface area contributed by atoms with Crippen molar-refractivity contribution < 1.29 is 19.1 Å². The number of carbonyl (C=O) groups is 2. The van der Waals surface area contributed by atoms with Crippen molar-refractivity contribution in [3.8, 4) is 11.5 Å². The number of nitrogens with zero attached hydrogens (tertiary/aromatic N) is 2. The highest BCUT2D eigenvalue weighted by molar-refractivity contribution is 6.06. The molecule has 5 rings (SSSR count). The fraction of sp³-hybridized carbons (Fsp3) is 0.250. The molecule has 2 fully saturated rings. The van der Waals surface area contributed by atoms with Crippen molar-refractivity contribution in [2.45, 2.75) is 12.2 Å². The quantitative estimate of drug-likeness (QED) is 0.400. The van der Waals surface area contributed by atoms with E-state index in [2.05, 4.69) is 31.2 Å². The molecule has 2 saturated heterocycles. The number of amides is 2. The molecule has 0 saturated carbocycles. The second-order valence-corrected chi connectivity index (χ2v) is 8.04. The molecule has 0 spiro atoms. The van der Waals surface area contributed by atoms with Gasteiger partial charge in [-0.2, -0.15) is 0 Å². The van der Waals surface area contributed by atoms with Crippen LogP contribution >= 0.6 is 0 Å². The zero-order valence-corrected chi connectivity index (χ0v) is 18.3. The second kappa shape index (κ2) is 9.86. The van der Waals surface area contributed by atoms with Gasteiger partial charge in [0.25, 0.3) is 11.8 Å². The van der Waals surface area contributed by atoms with Crippen molar-refractivity contribution in [3.05, 3.63) is 72.3 Å². The zero-order valence-electron chi connectivity index (χ0n) is 18.3. The third-order valence-corrected chi connectivity index (χ3v) is 5.45. The summed E-state index contributed by atoms with van der Waals surface area (Å²) in [6.45, 7) is 3.33. The molecule has 2 aliphatic heterocycles. The molecule has 3 aromatic rings. The van der Waals surface area contributed by atoms with E-state index in [1.54, 1.807) is 48.5 Å². The summed E-state index contributed by atoms with van der Waals surface area (Å²) in [4.78, 5) is 33.3. The number of carbonyl (C=O) groups excluding carboxylic acids is 2. The van der Waals surface area contributed by atoms with E-state index in [0.29, 0.717) is 11.4 Å². The third kappa shape index (κ3) is 5.30. The van der Waals surface area contributed by atoms with Crippen molar-refractivity contribution >= 4 is 23.2 Å². The molecular weight excluding hydrogens is 436 g/mol. The normalized spacial score (nSPS) is 15.5. The average Bonchev–Trinajstić information content (AvgIpc) is 2.81. The van der Waals surface area contributed by atoms with Gasteiger partial charge >= 0.3 is 0 Å². The molecule has 0 aliphatic carbocycles. The van der Waals surface area contributed by atoms with Crippen molar-refractivity contribution in [2.75, 3.05) is 36.8 Å². The molecule has 0 unspecified atom stereocenters. The van der Waals surface area contributed by atoms with E-state index in [4.69, 9.17) is 9.47 Å². The van der Waals surface area contributed by atoms with Crippen LogP contribution in [0.4, 0.5) is 11.4 Å². The lowest BCUT2D eigenvalue weighted by molar-refractivity contribution is 0.102. The van der Waals surface area contributed by atoms with Gasteiger partial charge < -0.3 is 30.7 Å². The summed E-state index contributed by atoms with van der Waals surface area (Å²) < 4.78 is 11.5. The number of benzene rings is 2. The Bertz CT molecular complexity index is 1070. The molecule has 0 atom stereocenters. The molecule has 174 valence electrons. The van der Waals surface area contributed by atoms with Gasteiger partial charge in [0.15, 0.2) is 0 Å². The van der Waals surface area contributed by atoms with Crippen molar-refractivity contribution in [1.82, 2.24) is 20.6 Å². The van der Waals surface area contributed by atoms with Crippen LogP contribution in [-0.4, -0.2) is 60.2 Å². The third-order valence-electron chi connectivity index (χ3n) is 5.45. The Labute approximate surface area is 196 Å². The SMILES string of the molecule is O=C(Nc1ccc(OC2CNC2)cc1)c1cc(C(=O)Nc2ccc(OC3CNC3)cc2)ncn1. The molecule has 1 aromatic heterocycles. The number of hydrogen-bond acceptors (Lipinski definition) is 8. The maximum atomic E-state index is 12.6. The topological polar surface area (TPSA) is 127 Å². The monoisotopic (exact) mass is 460 g/mol. The van der Waals surface area contributed by atoms with Gasteiger partial charge in [-0.3, -0.25) is 9.59 Å². The van der Waals surface area contributed by atoms with E-state index >= 15 is 0 Å². The molecular formula is C24H24N6O4. The molecule has 2 amide bonds. The smallest absolute Gasteiger partial charge is 0.274 e. The Hall–Kier alpha value is -4.02. The lowest BCUT2D eigenvalue weighted by Crippen LogP contribution is -2.50. The largest absolute Gasteiger partial charge is 0.488 e. The van der Waals surface area contributed by atoms with Gasteiger partial charge in [-0.15, -0.1) is 0 Å². The number of aromatic nitrogens is 2. The van der Waals surface area contributed by atoms with Gasteiger partial charge in [0, 0.05) is 43.6 Å². The first-order valence-electron chi connectivity index (χ1n) is 11.0. The summed E-state index contributed by atoms with van der Waals surface area (Å²) >= 11 is 0. The predicted octanol–water partition coefficient (Wildman–Crippen LogP) is 1.68. The standard InChI is InChI=1S/C24H24N6O4/c31-23(29-15-1-5-17(6-2-15)33-19-10-25-11-19)21-9-22(28-14-27-21)24(32)30-16-3-7-18(8-4-16)34-20-12-26-13-20/h1-9,14,19-20,25-26H,10-13H2,(H,29,31)(H,30,32). The highest BCUT2D eigenvalue weighted by Crippen LogP contribution is 2.20. The Balaban J connectivity index is 1.17. The summed E-state index contributed by atoms with van der Waals surface area (Å²) in [5.41, 5.74) is 1.35. The minimum absolute atomic E-state index is 0.0823. The maximum absolute atomic E-state index is 12.6. The van der Waals surface area contributed by atoms with Crippen LogP contribution in [0.15, 0.2) is 60.9 Å². The van der Waals surface area contributed by atoms with Gasteiger partial charge in [0.05, 0.1) is 0 Å². The zero-order chi connectivity index (χ0) is 23.3. The van der Waals surface area contributed by atoms with Crippen LogP contribution in [0.25, 0.3) is 0 Å². The van der Waals surface area contributed by atoms with Gasteiger partial charge in [-0.05, 0) is 48.5 Å². The minimum Gasteiger partial charge on any atom is -0.488 e. The highest BCUT2D eigenvalue weighted by Gasteiger charge is 2.19. The second-order valence-electron chi connectivity index (χ2n) is 8.04. The lowest BCUT2D eigenvalue weighted by Gasteiger charge is -2.27. The molecule has 2 aromatic carbocycles. The van der Waals surface area contributed by atoms with E-state index in [9.17, 15) is 9.59 Å². The van der Waals surface area contributed by atoms with Gasteiger partial charge in [0.1, 0.15) is 41.4 Å². The number of anilines is 2. The van der Waals surface area contributed by atoms with Gasteiger partial charge in [-0.1, -0.05) is 0 Å². The summed E-state index contributed by atoms with van der Waals surface area (Å²) in [6.07, 6.45) is 1.56. The fourth-order valence-corrected chi connectivity index (χ4v) is 3.31. The van der Waals surface area contributed by atoms with Crippen LogP contribution in [0.3, 0.4) is 0 Å². The van der Waals surface area contributed by atoms with Crippen LogP contribution in [-0.2, 0) is 0 Å². The summed E-state index contributed by atoms with van der Waals surface area (Å²) in [6, 6.07) is 15.6. The van der Waals surface area contributed by atoms with E-state index < -0.39 is 11.8 Å². The fourth-order valence-electron chi connectivity index (χ4n) is 3.31. The summed E-state index contributed by atoms with van der Waals surface area (Å²) in [5.74, 6) is 0.593. The van der Waals surface area contributed by atoms with Crippen LogP contribution < -0.4 is 30.7 Å². The van der Waals surface area contributed by atoms with Crippen molar-refractivity contribution in [2.24, 2.45) is 0 Å². The first-order chi connectivity index (χ1) is 16.6. The first-order valence-corrected chi connectivity index (χ1v) is 11.0. The van der Waals surface area contributed by atoms with E-state index in [-0.39, 0.29) is 23.6 Å². The van der Waals surface area contributed by atoms with Crippen LogP contribution in [0, 0.1) is 0 Å². The molecule has 2 aliphatic rings. The maximum Gasteiger partial charge on any atom is 0.274 e. The Morgan fingerprint density at radius 3 is 1.47 bits per heavy atom. The highest BCUT2D eigenvalue weighted by atomic mass is 16.5. The number of ether oxygens (including phenoxy) is 2. The first kappa shape index (κ1) is 21.8. The molecule has 10 nitrogen and oxygen atoms in total. The van der Waals surface area contributed by atoms with E-state index in [1.165, 1.54) is 12.4 Å².